The molecule has 1 N–H and O–H groups in total. The third-order valence-electron chi connectivity index (χ3n) is 4.80. The molecule has 0 aliphatic carbocycles. The number of alkyl halides is 3. The molecule has 2 amide bonds. The molecule has 1 aromatic carbocycles. The summed E-state index contributed by atoms with van der Waals surface area (Å²) in [5.41, 5.74) is 1.47. The quantitative estimate of drug-likeness (QED) is 0.868. The first-order chi connectivity index (χ1) is 12.8. The molecule has 0 saturated carbocycles. The van der Waals surface area contributed by atoms with Crippen molar-refractivity contribution in [1.82, 2.24) is 4.90 Å². The third kappa shape index (κ3) is 4.52. The predicted octanol–water partition coefficient (Wildman–Crippen LogP) is 2.40. The van der Waals surface area contributed by atoms with Crippen molar-refractivity contribution in [3.63, 3.8) is 0 Å². The zero-order valence-corrected chi connectivity index (χ0v) is 15.0. The molecular formula is C18H22F3N3O3. The largest absolute Gasteiger partial charge is 0.471 e. The number of likely N-dealkylation sites (tertiary alicyclic amines) is 1. The molecule has 2 saturated heterocycles. The summed E-state index contributed by atoms with van der Waals surface area (Å²) in [4.78, 5) is 26.6. The minimum Gasteiger partial charge on any atom is -0.375 e. The van der Waals surface area contributed by atoms with Gasteiger partial charge in [0.25, 0.3) is 0 Å². The van der Waals surface area contributed by atoms with Crippen molar-refractivity contribution in [3.05, 3.63) is 24.3 Å². The summed E-state index contributed by atoms with van der Waals surface area (Å²) in [7, 11) is 0. The summed E-state index contributed by atoms with van der Waals surface area (Å²) >= 11 is 0. The fourth-order valence-corrected chi connectivity index (χ4v) is 3.48. The van der Waals surface area contributed by atoms with Crippen LogP contribution in [0.4, 0.5) is 24.5 Å². The van der Waals surface area contributed by atoms with E-state index >= 15 is 0 Å². The number of rotatable bonds is 3. The maximum absolute atomic E-state index is 12.7. The highest BCUT2D eigenvalue weighted by Gasteiger charge is 2.47. The summed E-state index contributed by atoms with van der Waals surface area (Å²) < 4.78 is 43.5. The maximum atomic E-state index is 12.7. The number of ether oxygens (including phenoxy) is 1. The second-order valence-corrected chi connectivity index (χ2v) is 6.82. The molecule has 0 spiro atoms. The van der Waals surface area contributed by atoms with Crippen molar-refractivity contribution in [2.75, 3.05) is 36.5 Å². The molecule has 6 nitrogen and oxygen atoms in total. The van der Waals surface area contributed by atoms with Crippen molar-refractivity contribution in [3.8, 4) is 0 Å². The van der Waals surface area contributed by atoms with E-state index in [0.29, 0.717) is 23.6 Å². The van der Waals surface area contributed by atoms with E-state index in [0.717, 1.165) is 18.8 Å². The van der Waals surface area contributed by atoms with E-state index in [1.54, 1.807) is 12.1 Å². The predicted molar refractivity (Wildman–Crippen MR) is 93.5 cm³/mol. The molecule has 2 unspecified atom stereocenters. The van der Waals surface area contributed by atoms with Crippen LogP contribution in [0.25, 0.3) is 0 Å². The first-order valence-electron chi connectivity index (χ1n) is 8.91. The lowest BCUT2D eigenvalue weighted by Gasteiger charge is -2.33. The van der Waals surface area contributed by atoms with Crippen LogP contribution in [0.3, 0.4) is 0 Å². The van der Waals surface area contributed by atoms with E-state index in [-0.39, 0.29) is 19.1 Å². The Morgan fingerprint density at radius 2 is 1.89 bits per heavy atom. The number of hydrogen-bond acceptors (Lipinski definition) is 4. The highest BCUT2D eigenvalue weighted by atomic mass is 19.4. The van der Waals surface area contributed by atoms with Crippen molar-refractivity contribution < 1.29 is 27.5 Å². The first kappa shape index (κ1) is 19.5. The normalized spacial score (nSPS) is 23.4. The van der Waals surface area contributed by atoms with Crippen molar-refractivity contribution in [2.45, 2.75) is 38.1 Å². The Morgan fingerprint density at radius 3 is 2.52 bits per heavy atom. The summed E-state index contributed by atoms with van der Waals surface area (Å²) in [6.45, 7) is 4.11. The average molecular weight is 385 g/mol. The molecule has 27 heavy (non-hydrogen) atoms. The van der Waals surface area contributed by atoms with Gasteiger partial charge in [-0.3, -0.25) is 9.59 Å². The van der Waals surface area contributed by atoms with Gasteiger partial charge in [-0.25, -0.2) is 0 Å². The number of benzene rings is 1. The smallest absolute Gasteiger partial charge is 0.375 e. The van der Waals surface area contributed by atoms with Crippen LogP contribution in [0.5, 0.6) is 0 Å². The van der Waals surface area contributed by atoms with Gasteiger partial charge in [0.1, 0.15) is 6.04 Å². The molecule has 2 heterocycles. The molecular weight excluding hydrogens is 363 g/mol. The van der Waals surface area contributed by atoms with Crippen LogP contribution in [0.15, 0.2) is 24.3 Å². The van der Waals surface area contributed by atoms with Crippen LogP contribution >= 0.6 is 0 Å². The molecule has 2 aliphatic heterocycles. The average Bonchev–Trinajstić information content (AvgIpc) is 3.10. The van der Waals surface area contributed by atoms with Gasteiger partial charge in [-0.15, -0.1) is 0 Å². The van der Waals surface area contributed by atoms with E-state index < -0.39 is 24.0 Å². The first-order valence-corrected chi connectivity index (χ1v) is 8.91. The van der Waals surface area contributed by atoms with Gasteiger partial charge in [-0.05, 0) is 44.0 Å². The van der Waals surface area contributed by atoms with E-state index in [1.165, 1.54) is 0 Å². The Morgan fingerprint density at radius 1 is 1.19 bits per heavy atom. The molecule has 148 valence electrons. The number of nitrogens with zero attached hydrogens (tertiary/aromatic N) is 2. The number of amides is 2. The highest BCUT2D eigenvalue weighted by molar-refractivity contribution is 5.98. The molecule has 9 heteroatoms. The van der Waals surface area contributed by atoms with E-state index in [2.05, 4.69) is 10.2 Å². The minimum atomic E-state index is -4.97. The number of carbonyl (C=O) groups excluding carboxylic acids is 2. The van der Waals surface area contributed by atoms with E-state index in [1.807, 2.05) is 19.1 Å². The van der Waals surface area contributed by atoms with Crippen molar-refractivity contribution in [1.29, 1.82) is 0 Å². The van der Waals surface area contributed by atoms with Gasteiger partial charge in [0.2, 0.25) is 5.91 Å². The zero-order chi connectivity index (χ0) is 19.6. The Bertz CT molecular complexity index is 693. The second kappa shape index (κ2) is 7.75. The lowest BCUT2D eigenvalue weighted by molar-refractivity contribution is -0.186. The third-order valence-corrected chi connectivity index (χ3v) is 4.80. The van der Waals surface area contributed by atoms with Gasteiger partial charge < -0.3 is 19.9 Å². The van der Waals surface area contributed by atoms with Gasteiger partial charge in [0.15, 0.2) is 0 Å². The van der Waals surface area contributed by atoms with Crippen molar-refractivity contribution in [2.24, 2.45) is 0 Å². The second-order valence-electron chi connectivity index (χ2n) is 6.82. The van der Waals surface area contributed by atoms with Crippen LogP contribution in [-0.2, 0) is 14.3 Å². The zero-order valence-electron chi connectivity index (χ0n) is 15.0. The number of anilines is 2. The van der Waals surface area contributed by atoms with Crippen LogP contribution in [0.2, 0.25) is 0 Å². The topological polar surface area (TPSA) is 61.9 Å². The SMILES string of the molecule is CC1CN(c2ccc(NC(=O)C3CCCN3C(=O)C(F)(F)F)cc2)CCO1. The molecule has 2 fully saturated rings. The highest BCUT2D eigenvalue weighted by Crippen LogP contribution is 2.27. The lowest BCUT2D eigenvalue weighted by Crippen LogP contribution is -2.48. The van der Waals surface area contributed by atoms with Crippen molar-refractivity contribution >= 4 is 23.2 Å². The Hall–Kier alpha value is -2.29. The van der Waals surface area contributed by atoms with E-state index in [4.69, 9.17) is 4.74 Å². The van der Waals surface area contributed by atoms with Crippen LogP contribution < -0.4 is 10.2 Å². The molecule has 0 aromatic heterocycles. The molecule has 0 radical (unpaired) electrons. The van der Waals surface area contributed by atoms with Crippen LogP contribution in [-0.4, -0.2) is 61.3 Å². The lowest BCUT2D eigenvalue weighted by atomic mass is 10.2. The minimum absolute atomic E-state index is 0.0649. The maximum Gasteiger partial charge on any atom is 0.471 e. The van der Waals surface area contributed by atoms with Gasteiger partial charge in [0.05, 0.1) is 12.7 Å². The van der Waals surface area contributed by atoms with Gasteiger partial charge in [0, 0.05) is 31.0 Å². The molecule has 2 atom stereocenters. The van der Waals surface area contributed by atoms with E-state index in [9.17, 15) is 22.8 Å². The fraction of sp³-hybridized carbons (Fsp3) is 0.556. The molecule has 3 rings (SSSR count). The van der Waals surface area contributed by atoms with Gasteiger partial charge >= 0.3 is 12.1 Å². The van der Waals surface area contributed by atoms with Gasteiger partial charge in [-0.2, -0.15) is 13.2 Å². The number of nitrogens with one attached hydrogen (secondary N) is 1. The summed E-state index contributed by atoms with van der Waals surface area (Å²) in [5.74, 6) is -2.56. The van der Waals surface area contributed by atoms with Gasteiger partial charge in [-0.1, -0.05) is 0 Å². The number of halogens is 3. The van der Waals surface area contributed by atoms with Crippen LogP contribution in [0.1, 0.15) is 19.8 Å². The Balaban J connectivity index is 1.63. The molecule has 0 bridgehead atoms. The fourth-order valence-electron chi connectivity index (χ4n) is 3.48. The molecule has 2 aliphatic rings. The summed E-state index contributed by atoms with van der Waals surface area (Å²) in [6.07, 6.45) is -4.25. The number of carbonyl (C=O) groups is 2. The Kier molecular flexibility index (Phi) is 5.59. The summed E-state index contributed by atoms with van der Waals surface area (Å²) in [5, 5.41) is 2.62. The number of hydrogen-bond donors (Lipinski definition) is 1. The Labute approximate surface area is 155 Å². The standard InChI is InChI=1S/C18H22F3N3O3/c1-12-11-23(9-10-27-12)14-6-4-13(5-7-14)22-16(25)15-3-2-8-24(15)17(26)18(19,20)21/h4-7,12,15H,2-3,8-11H2,1H3,(H,22,25). The number of morpholine rings is 1. The monoisotopic (exact) mass is 385 g/mol. The summed E-state index contributed by atoms with van der Waals surface area (Å²) in [6, 6.07) is 6.01. The van der Waals surface area contributed by atoms with Crippen LogP contribution in [0, 0.1) is 0 Å². The molecule has 1 aromatic rings.